The van der Waals surface area contributed by atoms with Gasteiger partial charge in [-0.2, -0.15) is 0 Å². The Morgan fingerprint density at radius 2 is 0.810 bits per heavy atom. The van der Waals surface area contributed by atoms with Gasteiger partial charge in [-0.25, -0.2) is 0 Å². The predicted octanol–water partition coefficient (Wildman–Crippen LogP) is 9.69. The van der Waals surface area contributed by atoms with Crippen LogP contribution in [0.3, 0.4) is 0 Å². The Kier molecular flexibility index (Phi) is 11.9. The summed E-state index contributed by atoms with van der Waals surface area (Å²) < 4.78 is 1.20. The van der Waals surface area contributed by atoms with Gasteiger partial charge in [-0.1, -0.05) is 0 Å². The first-order valence-corrected chi connectivity index (χ1v) is 29.7. The van der Waals surface area contributed by atoms with Crippen LogP contribution < -0.4 is 24.8 Å². The van der Waals surface area contributed by atoms with E-state index in [1.807, 2.05) is 0 Å². The van der Waals surface area contributed by atoms with Crippen LogP contribution in [0.2, 0.25) is 13.1 Å². The van der Waals surface area contributed by atoms with Gasteiger partial charge in [0.25, 0.3) is 0 Å². The molecule has 4 heteroatoms. The molecule has 0 amide bonds. The van der Waals surface area contributed by atoms with Crippen molar-refractivity contribution in [2.24, 2.45) is 0 Å². The molecule has 0 radical (unpaired) electrons. The van der Waals surface area contributed by atoms with Gasteiger partial charge in [0.15, 0.2) is 0 Å². The fraction of sp³-hybridized carbons (Fsp3) is 0.185. The quantitative estimate of drug-likeness (QED) is 0.105. The minimum Gasteiger partial charge on any atom is -1.00 e. The van der Waals surface area contributed by atoms with Crippen molar-refractivity contribution in [3.63, 3.8) is 0 Å². The van der Waals surface area contributed by atoms with Crippen LogP contribution in [-0.4, -0.2) is 5.43 Å². The van der Waals surface area contributed by atoms with Gasteiger partial charge in [0.1, 0.15) is 0 Å². The molecule has 0 nitrogen and oxygen atoms in total. The largest absolute Gasteiger partial charge is 1.00 e. The molecule has 2 aliphatic rings. The molecule has 0 N–H and O–H groups in total. The third-order valence-electron chi connectivity index (χ3n) is 12.7. The molecule has 0 saturated carbocycles. The van der Waals surface area contributed by atoms with Crippen LogP contribution >= 0.6 is 0 Å². The van der Waals surface area contributed by atoms with E-state index >= 15 is 0 Å². The first-order chi connectivity index (χ1) is 27.6. The van der Waals surface area contributed by atoms with Gasteiger partial charge < -0.3 is 24.8 Å². The molecular formula is C54H48Cl2SiZr. The molecule has 0 fully saturated rings. The summed E-state index contributed by atoms with van der Waals surface area (Å²) in [6, 6.07) is 55.6. The Bertz CT molecular complexity index is 2790. The average molecular weight is 887 g/mol. The molecule has 8 aromatic rings. The third kappa shape index (κ3) is 6.70. The minimum absolute atomic E-state index is 0. The molecule has 2 unspecified atom stereocenters. The van der Waals surface area contributed by atoms with Gasteiger partial charge >= 0.3 is 342 Å². The van der Waals surface area contributed by atoms with Gasteiger partial charge in [-0.15, -0.1) is 0 Å². The monoisotopic (exact) mass is 884 g/mol. The van der Waals surface area contributed by atoms with E-state index in [1.54, 1.807) is 22.3 Å². The average Bonchev–Trinajstić information content (AvgIpc) is 3.78. The van der Waals surface area contributed by atoms with E-state index in [1.165, 1.54) is 102 Å². The fourth-order valence-corrected chi connectivity index (χ4v) is 30.9. The molecule has 0 bridgehead atoms. The van der Waals surface area contributed by atoms with Crippen LogP contribution in [0.15, 0.2) is 157 Å². The number of hydrogen-bond acceptors (Lipinski definition) is 0. The van der Waals surface area contributed by atoms with E-state index in [9.17, 15) is 0 Å². The molecule has 286 valence electrons. The summed E-state index contributed by atoms with van der Waals surface area (Å²) in [5, 5.41) is 10.7. The summed E-state index contributed by atoms with van der Waals surface area (Å²) in [5.74, 6) is 0. The molecular weight excluding hydrogens is 839 g/mol. The van der Waals surface area contributed by atoms with Crippen LogP contribution in [-0.2, 0) is 20.4 Å². The summed E-state index contributed by atoms with van der Waals surface area (Å²) in [4.78, 5) is 0. The number of rotatable bonds is 8. The van der Waals surface area contributed by atoms with Gasteiger partial charge in [0.2, 0.25) is 0 Å². The van der Waals surface area contributed by atoms with Crippen LogP contribution in [0.4, 0.5) is 0 Å². The summed E-state index contributed by atoms with van der Waals surface area (Å²) in [5.41, 5.74) is 14.7. The van der Waals surface area contributed by atoms with Crippen molar-refractivity contribution in [3.05, 3.63) is 179 Å². The van der Waals surface area contributed by atoms with Gasteiger partial charge in [-0.05, 0) is 0 Å². The smallest absolute Gasteiger partial charge is 1.00 e. The fourth-order valence-electron chi connectivity index (χ4n) is 10.4. The number of halogens is 2. The Morgan fingerprint density at radius 3 is 1.21 bits per heavy atom. The molecule has 2 atom stereocenters. The maximum Gasteiger partial charge on any atom is -1.00 e. The second kappa shape index (κ2) is 16.9. The molecule has 0 heterocycles. The molecule has 10 rings (SSSR count). The molecule has 58 heavy (non-hydrogen) atoms. The molecule has 0 aromatic heterocycles. The number of allylic oxidation sites excluding steroid dienone is 2. The second-order valence-electron chi connectivity index (χ2n) is 16.3. The van der Waals surface area contributed by atoms with Crippen molar-refractivity contribution < 1.29 is 45.2 Å². The first-order valence-electron chi connectivity index (χ1n) is 20.7. The first kappa shape index (κ1) is 40.7. The Morgan fingerprint density at radius 1 is 0.431 bits per heavy atom. The van der Waals surface area contributed by atoms with Gasteiger partial charge in [-0.3, -0.25) is 0 Å². The number of benzene rings is 8. The van der Waals surface area contributed by atoms with E-state index in [2.05, 4.69) is 185 Å². The van der Waals surface area contributed by atoms with Crippen molar-refractivity contribution in [3.8, 4) is 22.3 Å². The van der Waals surface area contributed by atoms with E-state index < -0.39 is 25.8 Å². The zero-order valence-electron chi connectivity index (χ0n) is 33.8. The normalized spacial score (nSPS) is 15.3. The van der Waals surface area contributed by atoms with E-state index in [0.717, 1.165) is 0 Å². The SMILES string of the molecule is CCCC1=Cc2c(-c3cc4ccccc4c4ccccc34)cccc2[CH]1[Zr+2]([CH]1C(CCC)=Cc2c(-c3cc4ccccc4c4ccccc34)cccc21)=[Si](C)C.[Cl-].[Cl-]. The third-order valence-corrected chi connectivity index (χ3v) is 32.2. The van der Waals surface area contributed by atoms with Crippen LogP contribution in [0, 0.1) is 0 Å². The van der Waals surface area contributed by atoms with E-state index in [0.29, 0.717) is 7.25 Å². The molecule has 0 aliphatic heterocycles. The van der Waals surface area contributed by atoms with Crippen molar-refractivity contribution in [2.75, 3.05) is 0 Å². The molecule has 8 aromatic carbocycles. The minimum atomic E-state index is -2.36. The van der Waals surface area contributed by atoms with E-state index in [4.69, 9.17) is 0 Å². The van der Waals surface area contributed by atoms with Crippen molar-refractivity contribution in [1.82, 2.24) is 0 Å². The summed E-state index contributed by atoms with van der Waals surface area (Å²) >= 11 is -2.36. The van der Waals surface area contributed by atoms with Crippen molar-refractivity contribution in [2.45, 2.75) is 59.9 Å². The zero-order valence-corrected chi connectivity index (χ0v) is 38.7. The maximum atomic E-state index is 2.69. The molecule has 2 aliphatic carbocycles. The Hall–Kier alpha value is -4.04. The number of hydrogen-bond donors (Lipinski definition) is 0. The second-order valence-corrected chi connectivity index (χ2v) is 34.1. The maximum absolute atomic E-state index is 2.69. The summed E-state index contributed by atoms with van der Waals surface area (Å²) in [6.07, 6.45) is 10.1. The summed E-state index contributed by atoms with van der Waals surface area (Å²) in [6.45, 7) is 10.1. The van der Waals surface area contributed by atoms with Crippen LogP contribution in [0.5, 0.6) is 0 Å². The molecule has 0 saturated heterocycles. The van der Waals surface area contributed by atoms with Crippen LogP contribution in [0.25, 0.3) is 77.5 Å². The Labute approximate surface area is 364 Å². The standard InChI is InChI=1S/2C26H21.C2H6Si.2ClH.Zr/c2*1-2-8-18-15-19-10-7-14-24(25(19)16-18)26-17-20-9-3-4-11-21(20)22-12-5-6-13-23(22)26;1-3-2;;;/h2*3-7,9-17H,2,8H2,1H3;1-2H3;2*1H;/q;;;;;+2/p-2. The van der Waals surface area contributed by atoms with Crippen molar-refractivity contribution in [1.29, 1.82) is 0 Å². The predicted molar refractivity (Wildman–Crippen MR) is 243 cm³/mol. The van der Waals surface area contributed by atoms with Gasteiger partial charge in [0.05, 0.1) is 0 Å². The molecule has 0 spiro atoms. The van der Waals surface area contributed by atoms with Gasteiger partial charge in [0, 0.05) is 0 Å². The Balaban J connectivity index is 0.00000235. The zero-order chi connectivity index (χ0) is 37.9. The topological polar surface area (TPSA) is 0 Å². The van der Waals surface area contributed by atoms with Crippen molar-refractivity contribution >= 4 is 60.7 Å². The number of fused-ring (bicyclic) bond motifs is 8. The van der Waals surface area contributed by atoms with E-state index in [-0.39, 0.29) is 24.8 Å². The summed E-state index contributed by atoms with van der Waals surface area (Å²) in [7, 11) is 0. The van der Waals surface area contributed by atoms with Crippen LogP contribution in [0.1, 0.15) is 69.0 Å².